The van der Waals surface area contributed by atoms with Gasteiger partial charge in [-0.1, -0.05) is 6.07 Å². The smallest absolute Gasteiger partial charge is 0.273 e. The summed E-state index contributed by atoms with van der Waals surface area (Å²) >= 11 is 0. The van der Waals surface area contributed by atoms with Crippen LogP contribution in [0.3, 0.4) is 0 Å². The normalized spacial score (nSPS) is 10.6. The Hall–Kier alpha value is -4.18. The van der Waals surface area contributed by atoms with E-state index in [1.807, 2.05) is 53.4 Å². The molecule has 2 heterocycles. The van der Waals surface area contributed by atoms with Gasteiger partial charge >= 0.3 is 0 Å². The summed E-state index contributed by atoms with van der Waals surface area (Å²) in [6.45, 7) is 0. The van der Waals surface area contributed by atoms with Crippen LogP contribution in [0.5, 0.6) is 0 Å². The van der Waals surface area contributed by atoms with Crippen molar-refractivity contribution in [3.05, 3.63) is 99.1 Å². The molecule has 0 fully saturated rings. The molecule has 7 heteroatoms. The number of non-ortho nitro benzene ring substituents is 1. The van der Waals surface area contributed by atoms with Gasteiger partial charge in [0, 0.05) is 41.3 Å². The van der Waals surface area contributed by atoms with E-state index in [4.69, 9.17) is 0 Å². The first kappa shape index (κ1) is 16.3. The van der Waals surface area contributed by atoms with Crippen molar-refractivity contribution in [3.8, 4) is 17.4 Å². The molecule has 0 atom stereocenters. The molecule has 0 radical (unpaired) electrons. The van der Waals surface area contributed by atoms with Gasteiger partial charge in [0.2, 0.25) is 0 Å². The van der Waals surface area contributed by atoms with Crippen molar-refractivity contribution in [3.63, 3.8) is 0 Å². The predicted octanol–water partition coefficient (Wildman–Crippen LogP) is 3.56. The Kier molecular flexibility index (Phi) is 3.79. The van der Waals surface area contributed by atoms with E-state index in [0.29, 0.717) is 11.2 Å². The van der Waals surface area contributed by atoms with Gasteiger partial charge in [0.25, 0.3) is 11.2 Å². The summed E-state index contributed by atoms with van der Waals surface area (Å²) < 4.78 is 3.31. The van der Waals surface area contributed by atoms with Crippen LogP contribution in [-0.4, -0.2) is 14.1 Å². The lowest BCUT2D eigenvalue weighted by Gasteiger charge is -2.13. The average Bonchev–Trinajstić information content (AvgIpc) is 3.22. The molecular formula is C20H12N4O3. The number of pyridine rings is 1. The van der Waals surface area contributed by atoms with Crippen molar-refractivity contribution in [2.45, 2.75) is 0 Å². The van der Waals surface area contributed by atoms with E-state index in [1.54, 1.807) is 6.07 Å². The third-order valence-electron chi connectivity index (χ3n) is 4.33. The first-order chi connectivity index (χ1) is 13.1. The summed E-state index contributed by atoms with van der Waals surface area (Å²) in [7, 11) is 0. The second kappa shape index (κ2) is 6.28. The Morgan fingerprint density at radius 3 is 2.26 bits per heavy atom. The van der Waals surface area contributed by atoms with E-state index in [2.05, 4.69) is 0 Å². The van der Waals surface area contributed by atoms with Crippen LogP contribution >= 0.6 is 0 Å². The van der Waals surface area contributed by atoms with E-state index < -0.39 is 10.5 Å². The third kappa shape index (κ3) is 2.75. The van der Waals surface area contributed by atoms with E-state index in [-0.39, 0.29) is 11.3 Å². The summed E-state index contributed by atoms with van der Waals surface area (Å²) in [5, 5.41) is 20.9. The zero-order valence-corrected chi connectivity index (χ0v) is 13.9. The van der Waals surface area contributed by atoms with Crippen molar-refractivity contribution in [1.82, 2.24) is 9.13 Å². The number of nitriles is 1. The lowest BCUT2D eigenvalue weighted by Crippen LogP contribution is -2.21. The summed E-state index contributed by atoms with van der Waals surface area (Å²) in [6.07, 6.45) is 3.78. The van der Waals surface area contributed by atoms with Gasteiger partial charge in [-0.3, -0.25) is 19.5 Å². The predicted molar refractivity (Wildman–Crippen MR) is 100 cm³/mol. The van der Waals surface area contributed by atoms with Gasteiger partial charge in [0.15, 0.2) is 0 Å². The minimum atomic E-state index is -0.499. The first-order valence-electron chi connectivity index (χ1n) is 8.06. The van der Waals surface area contributed by atoms with E-state index in [1.165, 1.54) is 28.8 Å². The van der Waals surface area contributed by atoms with Crippen LogP contribution in [-0.2, 0) is 0 Å². The Bertz CT molecular complexity index is 1260. The van der Waals surface area contributed by atoms with Crippen LogP contribution in [0.15, 0.2) is 77.9 Å². The zero-order chi connectivity index (χ0) is 19.0. The van der Waals surface area contributed by atoms with Gasteiger partial charge in [-0.05, 0) is 42.5 Å². The van der Waals surface area contributed by atoms with Crippen molar-refractivity contribution in [2.75, 3.05) is 0 Å². The summed E-state index contributed by atoms with van der Waals surface area (Å²) in [5.41, 5.74) is 1.39. The second-order valence-electron chi connectivity index (χ2n) is 5.92. The maximum absolute atomic E-state index is 12.8. The fourth-order valence-corrected chi connectivity index (χ4v) is 3.02. The first-order valence-corrected chi connectivity index (χ1v) is 8.06. The Labute approximate surface area is 153 Å². The number of hydrogen-bond donors (Lipinski definition) is 0. The molecule has 0 N–H and O–H groups in total. The fraction of sp³-hybridized carbons (Fsp3) is 0. The average molecular weight is 356 g/mol. The highest BCUT2D eigenvalue weighted by Gasteiger charge is 2.13. The van der Waals surface area contributed by atoms with Gasteiger partial charge in [-0.2, -0.15) is 5.26 Å². The summed E-state index contributed by atoms with van der Waals surface area (Å²) in [5.74, 6) is 0. The van der Waals surface area contributed by atoms with Crippen molar-refractivity contribution in [2.24, 2.45) is 0 Å². The van der Waals surface area contributed by atoms with Gasteiger partial charge in [0.1, 0.15) is 11.6 Å². The Morgan fingerprint density at radius 2 is 1.63 bits per heavy atom. The summed E-state index contributed by atoms with van der Waals surface area (Å²) in [4.78, 5) is 23.2. The molecule has 0 saturated carbocycles. The van der Waals surface area contributed by atoms with Crippen LogP contribution < -0.4 is 5.56 Å². The van der Waals surface area contributed by atoms with Crippen LogP contribution in [0.1, 0.15) is 5.56 Å². The monoisotopic (exact) mass is 356 g/mol. The van der Waals surface area contributed by atoms with Crippen molar-refractivity contribution in [1.29, 1.82) is 5.26 Å². The maximum Gasteiger partial charge on any atom is 0.273 e. The Morgan fingerprint density at radius 1 is 0.963 bits per heavy atom. The molecule has 0 amide bonds. The lowest BCUT2D eigenvalue weighted by atomic mass is 10.1. The third-order valence-corrected chi connectivity index (χ3v) is 4.33. The minimum absolute atomic E-state index is 0.00886. The molecule has 0 bridgehead atoms. The number of hydrogen-bond acceptors (Lipinski definition) is 4. The molecule has 0 aliphatic carbocycles. The lowest BCUT2D eigenvalue weighted by molar-refractivity contribution is -0.384. The van der Waals surface area contributed by atoms with Gasteiger partial charge in [-0.15, -0.1) is 0 Å². The number of fused-ring (bicyclic) bond motifs is 1. The highest BCUT2D eigenvalue weighted by molar-refractivity contribution is 5.84. The van der Waals surface area contributed by atoms with Gasteiger partial charge < -0.3 is 4.57 Å². The second-order valence-corrected chi connectivity index (χ2v) is 5.92. The topological polar surface area (TPSA) is 93.9 Å². The summed E-state index contributed by atoms with van der Waals surface area (Å²) in [6, 6.07) is 18.5. The molecule has 0 saturated heterocycles. The number of aromatic nitrogens is 2. The largest absolute Gasteiger partial charge is 0.324 e. The fourth-order valence-electron chi connectivity index (χ4n) is 3.02. The van der Waals surface area contributed by atoms with Crippen molar-refractivity contribution < 1.29 is 4.92 Å². The number of nitrogens with zero attached hydrogens (tertiary/aromatic N) is 4. The number of nitro groups is 1. The molecule has 4 aromatic rings. The molecule has 0 unspecified atom stereocenters. The molecule has 0 spiro atoms. The maximum atomic E-state index is 12.8. The highest BCUT2D eigenvalue weighted by atomic mass is 16.6. The number of benzene rings is 2. The van der Waals surface area contributed by atoms with Gasteiger partial charge in [0.05, 0.1) is 10.4 Å². The van der Waals surface area contributed by atoms with Crippen molar-refractivity contribution >= 4 is 16.6 Å². The molecule has 7 nitrogen and oxygen atoms in total. The molecule has 27 heavy (non-hydrogen) atoms. The molecule has 2 aromatic carbocycles. The molecule has 2 aromatic heterocycles. The van der Waals surface area contributed by atoms with E-state index in [9.17, 15) is 20.2 Å². The highest BCUT2D eigenvalue weighted by Crippen LogP contribution is 2.23. The van der Waals surface area contributed by atoms with Crippen LogP contribution in [0.2, 0.25) is 0 Å². The van der Waals surface area contributed by atoms with Gasteiger partial charge in [-0.25, -0.2) is 0 Å². The number of nitro benzene ring substituents is 1. The van der Waals surface area contributed by atoms with Crippen LogP contribution in [0.4, 0.5) is 5.69 Å². The quantitative estimate of drug-likeness (QED) is 0.414. The molecule has 0 aliphatic rings. The molecule has 130 valence electrons. The standard InChI is InChI=1S/C20H12N4O3/c21-13-15-11-14-3-4-18(22-9-1-2-10-22)12-19(14)23(20(15)25)16-5-7-17(8-6-16)24(26)27/h1-12H. The molecular weight excluding hydrogens is 344 g/mol. The SMILES string of the molecule is N#Cc1cc2ccc(-n3cccc3)cc2n(-c2ccc([N+](=O)[O-])cc2)c1=O. The Balaban J connectivity index is 2.02. The zero-order valence-electron chi connectivity index (χ0n) is 13.9. The number of rotatable bonds is 3. The molecule has 4 rings (SSSR count). The van der Waals surface area contributed by atoms with E-state index >= 15 is 0 Å². The minimum Gasteiger partial charge on any atom is -0.324 e. The van der Waals surface area contributed by atoms with E-state index in [0.717, 1.165) is 11.1 Å². The molecule has 0 aliphatic heterocycles. The van der Waals surface area contributed by atoms with Crippen LogP contribution in [0.25, 0.3) is 22.3 Å². The van der Waals surface area contributed by atoms with Crippen LogP contribution in [0, 0.1) is 21.4 Å².